The molecule has 2 nitrogen and oxygen atoms in total. The van der Waals surface area contributed by atoms with E-state index in [1.807, 2.05) is 0 Å². The Bertz CT molecular complexity index is 152. The number of hydrogen-bond acceptors (Lipinski definition) is 2. The van der Waals surface area contributed by atoms with Crippen LogP contribution < -0.4 is 5.32 Å². The van der Waals surface area contributed by atoms with Crippen molar-refractivity contribution < 1.29 is 0 Å². The minimum absolute atomic E-state index is 0.667. The third-order valence-corrected chi connectivity index (χ3v) is 3.17. The topological polar surface area (TPSA) is 15.3 Å². The Morgan fingerprint density at radius 3 is 2.29 bits per heavy atom. The van der Waals surface area contributed by atoms with Gasteiger partial charge < -0.3 is 5.32 Å². The molecule has 0 amide bonds. The van der Waals surface area contributed by atoms with E-state index in [-0.39, 0.29) is 0 Å². The number of hydrogen-bond donors (Lipinski definition) is 1. The van der Waals surface area contributed by atoms with Gasteiger partial charge in [0.25, 0.3) is 0 Å². The van der Waals surface area contributed by atoms with Crippen LogP contribution in [0.4, 0.5) is 0 Å². The quantitative estimate of drug-likeness (QED) is 0.674. The zero-order valence-electron chi connectivity index (χ0n) is 10.2. The second-order valence-corrected chi connectivity index (χ2v) is 4.73. The molecule has 1 fully saturated rings. The molecule has 1 saturated carbocycles. The van der Waals surface area contributed by atoms with Crippen molar-refractivity contribution in [1.29, 1.82) is 0 Å². The zero-order chi connectivity index (χ0) is 10.6. The number of rotatable bonds is 7. The van der Waals surface area contributed by atoms with Gasteiger partial charge in [0.2, 0.25) is 0 Å². The summed E-state index contributed by atoms with van der Waals surface area (Å²) < 4.78 is 0. The lowest BCUT2D eigenvalue weighted by Gasteiger charge is -2.29. The lowest BCUT2D eigenvalue weighted by molar-refractivity contribution is 0.219. The highest BCUT2D eigenvalue weighted by Crippen LogP contribution is 2.26. The fourth-order valence-electron chi connectivity index (χ4n) is 2.00. The van der Waals surface area contributed by atoms with Gasteiger partial charge in [-0.25, -0.2) is 0 Å². The smallest absolute Gasteiger partial charge is 0.0217 e. The standard InChI is InChI=1S/C12H26N2/c1-5-13-12(10(3)4)9-14(6-2)11-7-8-11/h10-13H,5-9H2,1-4H3. The highest BCUT2D eigenvalue weighted by molar-refractivity contribution is 4.87. The summed E-state index contributed by atoms with van der Waals surface area (Å²) in [5.74, 6) is 0.739. The van der Waals surface area contributed by atoms with E-state index in [0.717, 1.165) is 18.5 Å². The zero-order valence-corrected chi connectivity index (χ0v) is 10.2. The molecule has 1 N–H and O–H groups in total. The Labute approximate surface area is 89.1 Å². The Morgan fingerprint density at radius 2 is 1.93 bits per heavy atom. The van der Waals surface area contributed by atoms with Crippen molar-refractivity contribution in [3.05, 3.63) is 0 Å². The molecule has 0 radical (unpaired) electrons. The van der Waals surface area contributed by atoms with Crippen molar-refractivity contribution in [2.45, 2.75) is 52.6 Å². The fourth-order valence-corrected chi connectivity index (χ4v) is 2.00. The van der Waals surface area contributed by atoms with Crippen molar-refractivity contribution in [2.24, 2.45) is 5.92 Å². The normalized spacial score (nSPS) is 19.3. The first-order valence-electron chi connectivity index (χ1n) is 6.16. The summed E-state index contributed by atoms with van der Waals surface area (Å²) in [6.07, 6.45) is 2.84. The minimum atomic E-state index is 0.667. The molecule has 84 valence electrons. The molecule has 1 atom stereocenters. The molecule has 0 bridgehead atoms. The first-order valence-corrected chi connectivity index (χ1v) is 6.16. The van der Waals surface area contributed by atoms with Gasteiger partial charge in [0, 0.05) is 18.6 Å². The molecule has 1 rings (SSSR count). The summed E-state index contributed by atoms with van der Waals surface area (Å²) in [6.45, 7) is 12.6. The maximum Gasteiger partial charge on any atom is 0.0217 e. The van der Waals surface area contributed by atoms with Gasteiger partial charge in [0.1, 0.15) is 0 Å². The molecule has 0 aromatic rings. The van der Waals surface area contributed by atoms with E-state index in [4.69, 9.17) is 0 Å². The monoisotopic (exact) mass is 198 g/mol. The summed E-state index contributed by atoms with van der Waals surface area (Å²) in [7, 11) is 0. The predicted molar refractivity (Wildman–Crippen MR) is 62.6 cm³/mol. The van der Waals surface area contributed by atoms with Gasteiger partial charge in [0.15, 0.2) is 0 Å². The van der Waals surface area contributed by atoms with Crippen LogP contribution in [-0.2, 0) is 0 Å². The maximum absolute atomic E-state index is 3.59. The summed E-state index contributed by atoms with van der Waals surface area (Å²) in [6, 6.07) is 1.57. The van der Waals surface area contributed by atoms with Gasteiger partial charge in [0.05, 0.1) is 0 Å². The van der Waals surface area contributed by atoms with E-state index < -0.39 is 0 Å². The van der Waals surface area contributed by atoms with E-state index >= 15 is 0 Å². The Morgan fingerprint density at radius 1 is 1.29 bits per heavy atom. The van der Waals surface area contributed by atoms with Gasteiger partial charge in [-0.05, 0) is 31.8 Å². The van der Waals surface area contributed by atoms with Gasteiger partial charge in [-0.3, -0.25) is 4.90 Å². The molecule has 14 heavy (non-hydrogen) atoms. The molecular weight excluding hydrogens is 172 g/mol. The van der Waals surface area contributed by atoms with E-state index in [9.17, 15) is 0 Å². The van der Waals surface area contributed by atoms with Gasteiger partial charge in [-0.2, -0.15) is 0 Å². The minimum Gasteiger partial charge on any atom is -0.313 e. The molecule has 0 aromatic carbocycles. The number of nitrogens with zero attached hydrogens (tertiary/aromatic N) is 1. The first kappa shape index (κ1) is 12.0. The first-order chi connectivity index (χ1) is 6.69. The van der Waals surface area contributed by atoms with Crippen molar-refractivity contribution in [3.8, 4) is 0 Å². The van der Waals surface area contributed by atoms with Crippen LogP contribution in [0.15, 0.2) is 0 Å². The number of nitrogens with one attached hydrogen (secondary N) is 1. The van der Waals surface area contributed by atoms with Crippen molar-refractivity contribution in [1.82, 2.24) is 10.2 Å². The molecule has 1 unspecified atom stereocenters. The van der Waals surface area contributed by atoms with Crippen LogP contribution in [-0.4, -0.2) is 36.6 Å². The third kappa shape index (κ3) is 3.58. The lowest BCUT2D eigenvalue weighted by atomic mass is 10.0. The molecule has 0 heterocycles. The second kappa shape index (κ2) is 5.72. The summed E-state index contributed by atoms with van der Waals surface area (Å²) in [5, 5.41) is 3.59. The van der Waals surface area contributed by atoms with Crippen LogP contribution in [0.5, 0.6) is 0 Å². The molecule has 1 aliphatic carbocycles. The van der Waals surface area contributed by atoms with Crippen molar-refractivity contribution >= 4 is 0 Å². The molecule has 2 heteroatoms. The van der Waals surface area contributed by atoms with Crippen LogP contribution in [0.3, 0.4) is 0 Å². The SMILES string of the molecule is CCNC(CN(CC)C1CC1)C(C)C. The summed E-state index contributed by atoms with van der Waals surface area (Å²) in [4.78, 5) is 2.63. The predicted octanol–water partition coefficient (Wildman–Crippen LogP) is 2.10. The van der Waals surface area contributed by atoms with E-state index in [2.05, 4.69) is 37.9 Å². The average Bonchev–Trinajstić information content (AvgIpc) is 2.95. The van der Waals surface area contributed by atoms with Gasteiger partial charge >= 0.3 is 0 Å². The lowest BCUT2D eigenvalue weighted by Crippen LogP contribution is -2.44. The molecule has 0 aliphatic heterocycles. The number of likely N-dealkylation sites (N-methyl/N-ethyl adjacent to an activating group) is 2. The van der Waals surface area contributed by atoms with Crippen LogP contribution in [0.25, 0.3) is 0 Å². The van der Waals surface area contributed by atoms with Crippen molar-refractivity contribution in [3.63, 3.8) is 0 Å². The largest absolute Gasteiger partial charge is 0.313 e. The second-order valence-electron chi connectivity index (χ2n) is 4.73. The fraction of sp³-hybridized carbons (Fsp3) is 1.00. The average molecular weight is 198 g/mol. The van der Waals surface area contributed by atoms with Gasteiger partial charge in [-0.1, -0.05) is 27.7 Å². The molecule has 0 saturated heterocycles. The van der Waals surface area contributed by atoms with Gasteiger partial charge in [-0.15, -0.1) is 0 Å². The van der Waals surface area contributed by atoms with Crippen LogP contribution in [0, 0.1) is 5.92 Å². The van der Waals surface area contributed by atoms with E-state index in [1.165, 1.54) is 25.9 Å². The highest BCUT2D eigenvalue weighted by atomic mass is 15.2. The highest BCUT2D eigenvalue weighted by Gasteiger charge is 2.29. The Kier molecular flexibility index (Phi) is 4.90. The van der Waals surface area contributed by atoms with E-state index in [0.29, 0.717) is 6.04 Å². The molecule has 0 aromatic heterocycles. The maximum atomic E-state index is 3.59. The third-order valence-electron chi connectivity index (χ3n) is 3.17. The van der Waals surface area contributed by atoms with Crippen LogP contribution in [0.2, 0.25) is 0 Å². The molecule has 1 aliphatic rings. The summed E-state index contributed by atoms with van der Waals surface area (Å²) in [5.41, 5.74) is 0. The van der Waals surface area contributed by atoms with Crippen LogP contribution >= 0.6 is 0 Å². The van der Waals surface area contributed by atoms with Crippen LogP contribution in [0.1, 0.15) is 40.5 Å². The van der Waals surface area contributed by atoms with Crippen molar-refractivity contribution in [2.75, 3.05) is 19.6 Å². The van der Waals surface area contributed by atoms with E-state index in [1.54, 1.807) is 0 Å². The summed E-state index contributed by atoms with van der Waals surface area (Å²) >= 11 is 0. The Hall–Kier alpha value is -0.0800. The molecular formula is C12H26N2. The molecule has 0 spiro atoms. The Balaban J connectivity index is 2.35.